The lowest BCUT2D eigenvalue weighted by molar-refractivity contribution is -0.392. The van der Waals surface area contributed by atoms with Gasteiger partial charge < -0.3 is 10.1 Å². The summed E-state index contributed by atoms with van der Waals surface area (Å²) in [6, 6.07) is 0. The molecule has 0 saturated heterocycles. The van der Waals surface area contributed by atoms with Gasteiger partial charge in [0.2, 0.25) is 0 Å². The molecule has 15 heavy (non-hydrogen) atoms. The summed E-state index contributed by atoms with van der Waals surface area (Å²) in [4.78, 5) is 25.0. The van der Waals surface area contributed by atoms with Gasteiger partial charge in [0.1, 0.15) is 6.20 Å². The summed E-state index contributed by atoms with van der Waals surface area (Å²) in [6.45, 7) is 2.03. The van der Waals surface area contributed by atoms with Gasteiger partial charge in [-0.1, -0.05) is 13.3 Å². The van der Waals surface area contributed by atoms with Gasteiger partial charge in [-0.15, -0.1) is 0 Å². The second kappa shape index (κ2) is 5.23. The van der Waals surface area contributed by atoms with E-state index in [9.17, 15) is 14.9 Å². The van der Waals surface area contributed by atoms with Crippen LogP contribution in [0.3, 0.4) is 0 Å². The lowest BCUT2D eigenvalue weighted by Crippen LogP contribution is -2.11. The molecule has 1 aromatic rings. The van der Waals surface area contributed by atoms with Crippen molar-refractivity contribution in [1.29, 1.82) is 0 Å². The highest BCUT2D eigenvalue weighted by Crippen LogP contribution is 2.10. The second-order valence-electron chi connectivity index (χ2n) is 3.28. The van der Waals surface area contributed by atoms with Crippen LogP contribution in [0.15, 0.2) is 12.5 Å². The highest BCUT2D eigenvalue weighted by Gasteiger charge is 2.15. The van der Waals surface area contributed by atoms with Crippen molar-refractivity contribution >= 4 is 11.6 Å². The molecule has 1 aromatic heterocycles. The zero-order valence-electron chi connectivity index (χ0n) is 8.55. The molecule has 0 fully saturated rings. The first-order valence-corrected chi connectivity index (χ1v) is 4.81. The third-order valence-corrected chi connectivity index (χ3v) is 2.03. The number of hydrogen-bond acceptors (Lipinski definition) is 4. The van der Waals surface area contributed by atoms with Gasteiger partial charge in [0.05, 0.1) is 0 Å². The van der Waals surface area contributed by atoms with E-state index < -0.39 is 4.92 Å². The third kappa shape index (κ3) is 3.16. The van der Waals surface area contributed by atoms with Crippen molar-refractivity contribution in [2.75, 3.05) is 0 Å². The van der Waals surface area contributed by atoms with Crippen LogP contribution in [0.1, 0.15) is 26.2 Å². The maximum Gasteiger partial charge on any atom is 0.343 e. The highest BCUT2D eigenvalue weighted by molar-refractivity contribution is 5.78. The van der Waals surface area contributed by atoms with E-state index in [1.54, 1.807) is 0 Å². The molecule has 0 spiro atoms. The van der Waals surface area contributed by atoms with E-state index in [1.807, 2.05) is 6.92 Å². The Morgan fingerprint density at radius 3 is 3.00 bits per heavy atom. The number of nitrogens with zero attached hydrogens (tertiary/aromatic N) is 3. The van der Waals surface area contributed by atoms with Crippen LogP contribution in [0, 0.1) is 10.1 Å². The average Bonchev–Trinajstić information content (AvgIpc) is 2.62. The molecule has 6 heteroatoms. The maximum atomic E-state index is 11.4. The molecule has 0 saturated carbocycles. The molecule has 0 aliphatic heterocycles. The van der Waals surface area contributed by atoms with Crippen LogP contribution in [0.25, 0.3) is 0 Å². The maximum absolute atomic E-state index is 11.4. The Morgan fingerprint density at radius 2 is 2.40 bits per heavy atom. The standard InChI is InChI=1S/C9H13N3O3/c1-2-3-4-8(13)6-11-7-10-5-9(11)12(14)15/h5,7H,2-4,6H2,1H3. The summed E-state index contributed by atoms with van der Waals surface area (Å²) < 4.78 is 1.26. The van der Waals surface area contributed by atoms with Gasteiger partial charge in [0.25, 0.3) is 0 Å². The van der Waals surface area contributed by atoms with Crippen molar-refractivity contribution < 1.29 is 9.72 Å². The molecule has 0 atom stereocenters. The summed E-state index contributed by atoms with van der Waals surface area (Å²) in [5.74, 6) is -0.141. The Morgan fingerprint density at radius 1 is 1.67 bits per heavy atom. The molecular formula is C9H13N3O3. The van der Waals surface area contributed by atoms with Gasteiger partial charge in [0, 0.05) is 6.42 Å². The van der Waals surface area contributed by atoms with E-state index in [-0.39, 0.29) is 18.1 Å². The summed E-state index contributed by atoms with van der Waals surface area (Å²) in [5, 5.41) is 10.5. The first kappa shape index (κ1) is 11.4. The second-order valence-corrected chi connectivity index (χ2v) is 3.28. The largest absolute Gasteiger partial charge is 0.358 e. The first-order valence-electron chi connectivity index (χ1n) is 4.81. The molecule has 0 aromatic carbocycles. The molecule has 0 aliphatic carbocycles. The summed E-state index contributed by atoms with van der Waals surface area (Å²) in [7, 11) is 0. The minimum absolute atomic E-state index is 0.00190. The van der Waals surface area contributed by atoms with E-state index in [2.05, 4.69) is 4.98 Å². The molecule has 6 nitrogen and oxygen atoms in total. The number of unbranched alkanes of at least 4 members (excludes halogenated alkanes) is 1. The number of carbonyl (C=O) groups is 1. The van der Waals surface area contributed by atoms with Crippen molar-refractivity contribution in [3.8, 4) is 0 Å². The Kier molecular flexibility index (Phi) is 3.96. The summed E-state index contributed by atoms with van der Waals surface area (Å²) in [5.41, 5.74) is 0. The fourth-order valence-electron chi connectivity index (χ4n) is 1.23. The van der Waals surface area contributed by atoms with Gasteiger partial charge in [-0.25, -0.2) is 9.55 Å². The third-order valence-electron chi connectivity index (χ3n) is 2.03. The molecule has 0 N–H and O–H groups in total. The molecular weight excluding hydrogens is 198 g/mol. The number of hydrogen-bond donors (Lipinski definition) is 0. The topological polar surface area (TPSA) is 78.0 Å². The van der Waals surface area contributed by atoms with Crippen LogP contribution < -0.4 is 0 Å². The monoisotopic (exact) mass is 211 g/mol. The van der Waals surface area contributed by atoms with Gasteiger partial charge in [-0.2, -0.15) is 0 Å². The molecule has 0 radical (unpaired) electrons. The normalized spacial score (nSPS) is 10.2. The van der Waals surface area contributed by atoms with Crippen LogP contribution in [0.4, 0.5) is 5.82 Å². The van der Waals surface area contributed by atoms with Gasteiger partial charge in [-0.05, 0) is 11.3 Å². The lowest BCUT2D eigenvalue weighted by Gasteiger charge is -1.99. The van der Waals surface area contributed by atoms with Crippen LogP contribution in [-0.4, -0.2) is 20.3 Å². The van der Waals surface area contributed by atoms with Crippen molar-refractivity contribution in [3.05, 3.63) is 22.6 Å². The number of Topliss-reactive ketones (excluding diaryl/α,β-unsaturated/α-hetero) is 1. The van der Waals surface area contributed by atoms with E-state index in [0.717, 1.165) is 19.0 Å². The van der Waals surface area contributed by atoms with E-state index in [4.69, 9.17) is 0 Å². The fourth-order valence-corrected chi connectivity index (χ4v) is 1.23. The first-order chi connectivity index (χ1) is 7.15. The van der Waals surface area contributed by atoms with Crippen LogP contribution in [-0.2, 0) is 11.3 Å². The molecule has 1 heterocycles. The predicted octanol–water partition coefficient (Wildman–Crippen LogP) is 1.55. The SMILES string of the molecule is CCCCC(=O)Cn1cncc1[N+](=O)[O-]. The van der Waals surface area contributed by atoms with Crippen molar-refractivity contribution in [2.45, 2.75) is 32.7 Å². The number of imidazole rings is 1. The average molecular weight is 211 g/mol. The number of aromatic nitrogens is 2. The number of carbonyl (C=O) groups excluding carboxylic acids is 1. The Labute approximate surface area is 87.1 Å². The minimum Gasteiger partial charge on any atom is -0.358 e. The van der Waals surface area contributed by atoms with Crippen molar-refractivity contribution in [3.63, 3.8) is 0 Å². The molecule has 1 rings (SSSR count). The molecule has 0 aliphatic rings. The Balaban J connectivity index is 2.60. The predicted molar refractivity (Wildman–Crippen MR) is 53.4 cm³/mol. The Hall–Kier alpha value is -1.72. The van der Waals surface area contributed by atoms with Crippen LogP contribution in [0.2, 0.25) is 0 Å². The van der Waals surface area contributed by atoms with Crippen molar-refractivity contribution in [1.82, 2.24) is 9.55 Å². The van der Waals surface area contributed by atoms with Gasteiger partial charge in [-0.3, -0.25) is 4.79 Å². The molecule has 0 bridgehead atoms. The van der Waals surface area contributed by atoms with Crippen LogP contribution >= 0.6 is 0 Å². The quantitative estimate of drug-likeness (QED) is 0.528. The highest BCUT2D eigenvalue weighted by atomic mass is 16.6. The van der Waals surface area contributed by atoms with E-state index in [0.29, 0.717) is 6.42 Å². The van der Waals surface area contributed by atoms with Crippen molar-refractivity contribution in [2.24, 2.45) is 0 Å². The van der Waals surface area contributed by atoms with E-state index >= 15 is 0 Å². The zero-order chi connectivity index (χ0) is 11.3. The van der Waals surface area contributed by atoms with Gasteiger partial charge in [0.15, 0.2) is 18.7 Å². The number of ketones is 1. The molecule has 0 unspecified atom stereocenters. The molecule has 0 amide bonds. The number of rotatable bonds is 6. The Bertz CT molecular complexity index is 359. The van der Waals surface area contributed by atoms with Crippen LogP contribution in [0.5, 0.6) is 0 Å². The smallest absolute Gasteiger partial charge is 0.343 e. The minimum atomic E-state index is -0.542. The zero-order valence-corrected chi connectivity index (χ0v) is 8.55. The molecule has 82 valence electrons. The van der Waals surface area contributed by atoms with Gasteiger partial charge >= 0.3 is 5.82 Å². The lowest BCUT2D eigenvalue weighted by atomic mass is 10.2. The fraction of sp³-hybridized carbons (Fsp3) is 0.556. The number of nitro groups is 1. The summed E-state index contributed by atoms with van der Waals surface area (Å²) >= 11 is 0. The van der Waals surface area contributed by atoms with E-state index in [1.165, 1.54) is 10.9 Å². The summed E-state index contributed by atoms with van der Waals surface area (Å²) in [6.07, 6.45) is 4.68.